The Morgan fingerprint density at radius 2 is 1.60 bits per heavy atom. The van der Waals surface area contributed by atoms with E-state index in [1.54, 1.807) is 0 Å². The molecule has 6 rings (SSSR count). The van der Waals surface area contributed by atoms with Crippen molar-refractivity contribution in [2.24, 2.45) is 45.3 Å². The number of piperazine rings is 1. The molecule has 3 N–H and O–H groups in total. The Bertz CT molecular complexity index is 937. The van der Waals surface area contributed by atoms with Crippen molar-refractivity contribution in [2.75, 3.05) is 45.8 Å². The summed E-state index contributed by atoms with van der Waals surface area (Å²) in [5, 5.41) is 25.2. The summed E-state index contributed by atoms with van der Waals surface area (Å²) in [6.45, 7) is 17.3. The zero-order chi connectivity index (χ0) is 28.3. The highest BCUT2D eigenvalue weighted by atomic mass is 16.3. The Labute approximate surface area is 244 Å². The second-order valence-corrected chi connectivity index (χ2v) is 16.1. The molecule has 0 bridgehead atoms. The Kier molecular flexibility index (Phi) is 7.92. The molecule has 1 saturated heterocycles. The quantitative estimate of drug-likeness (QED) is 0.404. The number of nitrogens with zero attached hydrogens (tertiary/aromatic N) is 2. The van der Waals surface area contributed by atoms with E-state index in [9.17, 15) is 15.0 Å². The van der Waals surface area contributed by atoms with Gasteiger partial charge in [0.15, 0.2) is 0 Å². The summed E-state index contributed by atoms with van der Waals surface area (Å²) >= 11 is 0. The van der Waals surface area contributed by atoms with Gasteiger partial charge in [0.2, 0.25) is 5.91 Å². The largest absolute Gasteiger partial charge is 0.393 e. The van der Waals surface area contributed by atoms with Gasteiger partial charge < -0.3 is 20.4 Å². The first-order valence-electron chi connectivity index (χ1n) is 17.1. The zero-order valence-corrected chi connectivity index (χ0v) is 26.1. The molecular formula is C34H59N3O3. The predicted molar refractivity (Wildman–Crippen MR) is 160 cm³/mol. The van der Waals surface area contributed by atoms with Gasteiger partial charge in [0, 0.05) is 45.7 Å². The standard InChI is InChI=1S/C34H59N3O3/c1-5-15-36-17-19-37(20-18-36)16-14-35-29(40)9-10-31(2)23-34(31)13-8-27-30-26(7-12-33(27,34)4)32(3)11-6-25(38)21-24(32)22-28(30)39/h24-28,30,38-39H,5-23H2,1-4H3,(H,35,40)/t24-,25+,26-,27-,28-,30+,31-,32-,33-,34-/m0/s1. The molecule has 10 atom stereocenters. The summed E-state index contributed by atoms with van der Waals surface area (Å²) in [5.41, 5.74) is 1.19. The first-order valence-corrected chi connectivity index (χ1v) is 17.1. The second-order valence-electron chi connectivity index (χ2n) is 16.1. The summed E-state index contributed by atoms with van der Waals surface area (Å²) in [4.78, 5) is 17.9. The molecule has 6 fully saturated rings. The van der Waals surface area contributed by atoms with Gasteiger partial charge in [-0.1, -0.05) is 27.7 Å². The first-order chi connectivity index (χ1) is 19.1. The van der Waals surface area contributed by atoms with Gasteiger partial charge in [0.05, 0.1) is 12.2 Å². The maximum absolute atomic E-state index is 12.9. The lowest BCUT2D eigenvalue weighted by Gasteiger charge is -2.62. The van der Waals surface area contributed by atoms with Crippen LogP contribution in [0.3, 0.4) is 0 Å². The fraction of sp³-hybridized carbons (Fsp3) is 0.971. The highest BCUT2D eigenvalue weighted by molar-refractivity contribution is 5.76. The van der Waals surface area contributed by atoms with Crippen LogP contribution in [-0.2, 0) is 4.79 Å². The van der Waals surface area contributed by atoms with Crippen molar-refractivity contribution in [3.8, 4) is 0 Å². The minimum Gasteiger partial charge on any atom is -0.393 e. The molecule has 40 heavy (non-hydrogen) atoms. The molecule has 6 heteroatoms. The molecule has 0 aromatic rings. The zero-order valence-electron chi connectivity index (χ0n) is 26.1. The second kappa shape index (κ2) is 10.8. The lowest BCUT2D eigenvalue weighted by molar-refractivity contribution is -0.175. The molecule has 0 aromatic carbocycles. The minimum atomic E-state index is -0.210. The Hall–Kier alpha value is -0.690. The number of aliphatic hydroxyl groups excluding tert-OH is 2. The number of carbonyl (C=O) groups excluding carboxylic acids is 1. The van der Waals surface area contributed by atoms with Crippen molar-refractivity contribution in [1.29, 1.82) is 0 Å². The number of aliphatic hydroxyl groups is 2. The number of hydrogen-bond donors (Lipinski definition) is 3. The van der Waals surface area contributed by atoms with Crippen molar-refractivity contribution in [3.05, 3.63) is 0 Å². The van der Waals surface area contributed by atoms with Crippen LogP contribution in [0.2, 0.25) is 0 Å². The Balaban J connectivity index is 1.02. The molecule has 1 spiro atoms. The molecule has 0 aromatic heterocycles. The third kappa shape index (κ3) is 4.70. The summed E-state index contributed by atoms with van der Waals surface area (Å²) in [7, 11) is 0. The number of rotatable bonds is 8. The molecule has 1 amide bonds. The lowest BCUT2D eigenvalue weighted by atomic mass is 9.43. The molecule has 5 aliphatic carbocycles. The van der Waals surface area contributed by atoms with E-state index in [-0.39, 0.29) is 34.4 Å². The van der Waals surface area contributed by atoms with Gasteiger partial charge in [0.25, 0.3) is 0 Å². The Morgan fingerprint density at radius 3 is 2.33 bits per heavy atom. The first kappa shape index (κ1) is 29.4. The molecule has 1 aliphatic heterocycles. The fourth-order valence-electron chi connectivity index (χ4n) is 12.0. The SMILES string of the molecule is CCCN1CCN(CCNC(=O)CC[C@@]2(C)C[C@@]23CC[C@H]2[C@@H]4[C@@H](O)C[C@@H]5C[C@H](O)CC[C@]5(C)[C@H]4CC[C@@]23C)CC1. The van der Waals surface area contributed by atoms with Gasteiger partial charge in [-0.2, -0.15) is 0 Å². The third-order valence-electron chi connectivity index (χ3n) is 14.4. The predicted octanol–water partition coefficient (Wildman–Crippen LogP) is 4.68. The molecular weight excluding hydrogens is 498 g/mol. The van der Waals surface area contributed by atoms with Crippen LogP contribution >= 0.6 is 0 Å². The van der Waals surface area contributed by atoms with Gasteiger partial charge in [-0.25, -0.2) is 0 Å². The van der Waals surface area contributed by atoms with Crippen LogP contribution in [0.1, 0.15) is 105 Å². The topological polar surface area (TPSA) is 76.0 Å². The smallest absolute Gasteiger partial charge is 0.220 e. The van der Waals surface area contributed by atoms with Gasteiger partial charge in [-0.15, -0.1) is 0 Å². The van der Waals surface area contributed by atoms with E-state index < -0.39 is 0 Å². The average Bonchev–Trinajstić information content (AvgIpc) is 3.43. The maximum Gasteiger partial charge on any atom is 0.220 e. The van der Waals surface area contributed by atoms with E-state index in [0.29, 0.717) is 35.5 Å². The molecule has 0 unspecified atom stereocenters. The fourth-order valence-corrected chi connectivity index (χ4v) is 12.0. The van der Waals surface area contributed by atoms with Crippen LogP contribution in [-0.4, -0.2) is 83.9 Å². The summed E-state index contributed by atoms with van der Waals surface area (Å²) < 4.78 is 0. The monoisotopic (exact) mass is 557 g/mol. The highest BCUT2D eigenvalue weighted by Crippen LogP contribution is 2.84. The summed E-state index contributed by atoms with van der Waals surface area (Å²) in [5.74, 6) is 2.35. The van der Waals surface area contributed by atoms with Gasteiger partial charge in [-0.05, 0) is 123 Å². The van der Waals surface area contributed by atoms with Crippen LogP contribution in [0, 0.1) is 45.3 Å². The van der Waals surface area contributed by atoms with Crippen LogP contribution in [0.5, 0.6) is 0 Å². The van der Waals surface area contributed by atoms with Crippen LogP contribution in [0.25, 0.3) is 0 Å². The Morgan fingerprint density at radius 1 is 0.900 bits per heavy atom. The minimum absolute atomic E-state index is 0.170. The van der Waals surface area contributed by atoms with Crippen molar-refractivity contribution >= 4 is 5.91 Å². The molecule has 6 aliphatic rings. The number of nitrogens with one attached hydrogen (secondary N) is 1. The molecule has 6 nitrogen and oxygen atoms in total. The highest BCUT2D eigenvalue weighted by Gasteiger charge is 2.77. The molecule has 1 heterocycles. The van der Waals surface area contributed by atoms with Gasteiger partial charge >= 0.3 is 0 Å². The van der Waals surface area contributed by atoms with E-state index in [2.05, 4.69) is 42.8 Å². The van der Waals surface area contributed by atoms with Gasteiger partial charge in [0.1, 0.15) is 0 Å². The van der Waals surface area contributed by atoms with Crippen molar-refractivity contribution in [3.63, 3.8) is 0 Å². The number of carbonyl (C=O) groups is 1. The van der Waals surface area contributed by atoms with Crippen molar-refractivity contribution < 1.29 is 15.0 Å². The van der Waals surface area contributed by atoms with E-state index in [4.69, 9.17) is 0 Å². The number of fused-ring (bicyclic) bond motifs is 6. The average molecular weight is 558 g/mol. The van der Waals surface area contributed by atoms with E-state index in [1.165, 1.54) is 45.1 Å². The van der Waals surface area contributed by atoms with Crippen molar-refractivity contribution in [1.82, 2.24) is 15.1 Å². The molecule has 0 radical (unpaired) electrons. The maximum atomic E-state index is 12.9. The summed E-state index contributed by atoms with van der Waals surface area (Å²) in [6.07, 6.45) is 12.7. The van der Waals surface area contributed by atoms with Crippen LogP contribution < -0.4 is 5.32 Å². The van der Waals surface area contributed by atoms with E-state index >= 15 is 0 Å². The van der Waals surface area contributed by atoms with E-state index in [0.717, 1.165) is 71.4 Å². The van der Waals surface area contributed by atoms with Crippen molar-refractivity contribution in [2.45, 2.75) is 117 Å². The van der Waals surface area contributed by atoms with E-state index in [1.807, 2.05) is 0 Å². The van der Waals surface area contributed by atoms with Crippen LogP contribution in [0.15, 0.2) is 0 Å². The number of hydrogen-bond acceptors (Lipinski definition) is 5. The molecule has 228 valence electrons. The van der Waals surface area contributed by atoms with Crippen LogP contribution in [0.4, 0.5) is 0 Å². The number of amides is 1. The third-order valence-corrected chi connectivity index (χ3v) is 14.4. The summed E-state index contributed by atoms with van der Waals surface area (Å²) in [6, 6.07) is 0. The van der Waals surface area contributed by atoms with Gasteiger partial charge in [-0.3, -0.25) is 9.69 Å². The molecule has 5 saturated carbocycles. The normalized spacial score (nSPS) is 48.9. The lowest BCUT2D eigenvalue weighted by Crippen LogP contribution is -2.58.